The second-order valence-electron chi connectivity index (χ2n) is 8.34. The molecule has 3 aromatic rings. The summed E-state index contributed by atoms with van der Waals surface area (Å²) in [6.45, 7) is 2.80. The number of anilines is 1. The van der Waals surface area contributed by atoms with Crippen molar-refractivity contribution in [1.82, 2.24) is 10.6 Å². The van der Waals surface area contributed by atoms with Crippen LogP contribution in [0.5, 0.6) is 11.5 Å². The molecule has 3 rings (SSSR count). The highest BCUT2D eigenvalue weighted by Gasteiger charge is 2.21. The number of amides is 3. The summed E-state index contributed by atoms with van der Waals surface area (Å²) in [5, 5.41) is 8.52. The topological polar surface area (TPSA) is 106 Å². The fourth-order valence-corrected chi connectivity index (χ4v) is 3.65. The average Bonchev–Trinajstić information content (AvgIpc) is 2.92. The molecule has 0 heterocycles. The van der Waals surface area contributed by atoms with Gasteiger partial charge in [-0.2, -0.15) is 0 Å². The Hall–Kier alpha value is -4.33. The second-order valence-corrected chi connectivity index (χ2v) is 8.34. The molecule has 3 amide bonds. The number of methoxy groups -OCH3 is 1. The van der Waals surface area contributed by atoms with Crippen molar-refractivity contribution in [3.05, 3.63) is 90.0 Å². The minimum atomic E-state index is -0.754. The van der Waals surface area contributed by atoms with E-state index >= 15 is 0 Å². The van der Waals surface area contributed by atoms with Crippen molar-refractivity contribution >= 4 is 23.4 Å². The molecular formula is C29H33N3O5. The summed E-state index contributed by atoms with van der Waals surface area (Å²) in [5.41, 5.74) is 2.06. The molecule has 0 bridgehead atoms. The van der Waals surface area contributed by atoms with E-state index in [1.165, 1.54) is 0 Å². The molecule has 1 atom stereocenters. The first kappa shape index (κ1) is 27.3. The minimum Gasteiger partial charge on any atom is -0.497 e. The zero-order valence-corrected chi connectivity index (χ0v) is 21.2. The molecule has 8 nitrogen and oxygen atoms in total. The van der Waals surface area contributed by atoms with Crippen molar-refractivity contribution in [2.45, 2.75) is 32.2 Å². The largest absolute Gasteiger partial charge is 0.497 e. The van der Waals surface area contributed by atoms with Gasteiger partial charge in [-0.05, 0) is 67.4 Å². The van der Waals surface area contributed by atoms with Crippen LogP contribution in [0.2, 0.25) is 0 Å². The maximum atomic E-state index is 13.1. The molecule has 0 saturated carbocycles. The summed E-state index contributed by atoms with van der Waals surface area (Å²) in [7, 11) is 1.56. The number of benzene rings is 3. The Kier molecular flexibility index (Phi) is 10.5. The standard InChI is InChI=1S/C29H33N3O5/c1-3-37-25-17-13-23(14-18-25)31-29(35)26(20-21-8-5-4-6-9-21)32-27(33)10-7-19-30-28(34)22-11-15-24(36-2)16-12-22/h4-6,8-9,11-18,26H,3,7,10,19-20H2,1-2H3,(H,30,34)(H,31,35)(H,32,33)/t26-/m0/s1. The Morgan fingerprint density at radius 1 is 0.865 bits per heavy atom. The third kappa shape index (κ3) is 9.00. The minimum absolute atomic E-state index is 0.171. The van der Waals surface area contributed by atoms with Crippen LogP contribution in [0.1, 0.15) is 35.7 Å². The zero-order chi connectivity index (χ0) is 26.5. The average molecular weight is 504 g/mol. The zero-order valence-electron chi connectivity index (χ0n) is 21.2. The molecule has 0 radical (unpaired) electrons. The van der Waals surface area contributed by atoms with Crippen molar-refractivity contribution in [3.63, 3.8) is 0 Å². The summed E-state index contributed by atoms with van der Waals surface area (Å²) in [6, 6.07) is 22.6. The van der Waals surface area contributed by atoms with Gasteiger partial charge in [-0.1, -0.05) is 30.3 Å². The highest BCUT2D eigenvalue weighted by atomic mass is 16.5. The van der Waals surface area contributed by atoms with Gasteiger partial charge < -0.3 is 25.4 Å². The molecule has 0 aliphatic carbocycles. The molecule has 194 valence electrons. The second kappa shape index (κ2) is 14.3. The Morgan fingerprint density at radius 3 is 2.19 bits per heavy atom. The molecule has 3 N–H and O–H groups in total. The summed E-state index contributed by atoms with van der Waals surface area (Å²) >= 11 is 0. The number of hydrogen-bond donors (Lipinski definition) is 3. The van der Waals surface area contributed by atoms with Gasteiger partial charge in [0.2, 0.25) is 11.8 Å². The van der Waals surface area contributed by atoms with Crippen LogP contribution in [0.25, 0.3) is 0 Å². The molecule has 8 heteroatoms. The lowest BCUT2D eigenvalue weighted by atomic mass is 10.0. The number of carbonyl (C=O) groups excluding carboxylic acids is 3. The van der Waals surface area contributed by atoms with E-state index in [2.05, 4.69) is 16.0 Å². The third-order valence-electron chi connectivity index (χ3n) is 5.59. The maximum absolute atomic E-state index is 13.1. The summed E-state index contributed by atoms with van der Waals surface area (Å²) < 4.78 is 10.5. The van der Waals surface area contributed by atoms with Crippen LogP contribution >= 0.6 is 0 Å². The van der Waals surface area contributed by atoms with E-state index in [0.717, 1.165) is 5.56 Å². The van der Waals surface area contributed by atoms with Gasteiger partial charge in [-0.3, -0.25) is 14.4 Å². The SMILES string of the molecule is CCOc1ccc(NC(=O)[C@H](Cc2ccccc2)NC(=O)CCCNC(=O)c2ccc(OC)cc2)cc1. The fraction of sp³-hybridized carbons (Fsp3) is 0.276. The summed E-state index contributed by atoms with van der Waals surface area (Å²) in [5.74, 6) is 0.592. The van der Waals surface area contributed by atoms with Crippen molar-refractivity contribution in [3.8, 4) is 11.5 Å². The first-order chi connectivity index (χ1) is 18.0. The van der Waals surface area contributed by atoms with E-state index in [9.17, 15) is 14.4 Å². The van der Waals surface area contributed by atoms with Crippen LogP contribution < -0.4 is 25.4 Å². The Balaban J connectivity index is 1.52. The lowest BCUT2D eigenvalue weighted by Gasteiger charge is -2.19. The highest BCUT2D eigenvalue weighted by molar-refractivity contribution is 5.97. The smallest absolute Gasteiger partial charge is 0.251 e. The van der Waals surface area contributed by atoms with E-state index in [1.54, 1.807) is 55.6 Å². The van der Waals surface area contributed by atoms with Gasteiger partial charge in [0.25, 0.3) is 5.91 Å². The van der Waals surface area contributed by atoms with E-state index < -0.39 is 6.04 Å². The van der Waals surface area contributed by atoms with Gasteiger partial charge in [-0.15, -0.1) is 0 Å². The van der Waals surface area contributed by atoms with E-state index in [4.69, 9.17) is 9.47 Å². The lowest BCUT2D eigenvalue weighted by Crippen LogP contribution is -2.45. The molecule has 3 aromatic carbocycles. The molecule has 0 spiro atoms. The molecule has 0 aliphatic heterocycles. The first-order valence-corrected chi connectivity index (χ1v) is 12.3. The summed E-state index contributed by atoms with van der Waals surface area (Å²) in [4.78, 5) is 38.0. The van der Waals surface area contributed by atoms with Crippen LogP contribution in [0.3, 0.4) is 0 Å². The Bertz CT molecular complexity index is 1150. The van der Waals surface area contributed by atoms with Crippen LogP contribution in [0.4, 0.5) is 5.69 Å². The molecule has 37 heavy (non-hydrogen) atoms. The Morgan fingerprint density at radius 2 is 1.54 bits per heavy atom. The molecule has 0 aromatic heterocycles. The van der Waals surface area contributed by atoms with E-state index in [-0.39, 0.29) is 24.1 Å². The number of ether oxygens (including phenoxy) is 2. The molecule has 0 saturated heterocycles. The Labute approximate surface area is 217 Å². The van der Waals surface area contributed by atoms with E-state index in [1.807, 2.05) is 37.3 Å². The number of nitrogens with one attached hydrogen (secondary N) is 3. The van der Waals surface area contributed by atoms with Crippen molar-refractivity contribution in [1.29, 1.82) is 0 Å². The third-order valence-corrected chi connectivity index (χ3v) is 5.59. The lowest BCUT2D eigenvalue weighted by molar-refractivity contribution is -0.126. The number of carbonyl (C=O) groups is 3. The van der Waals surface area contributed by atoms with Gasteiger partial charge in [-0.25, -0.2) is 0 Å². The van der Waals surface area contributed by atoms with Gasteiger partial charge in [0, 0.05) is 30.6 Å². The predicted octanol–water partition coefficient (Wildman–Crippen LogP) is 3.97. The van der Waals surface area contributed by atoms with Crippen molar-refractivity contribution in [2.24, 2.45) is 0 Å². The normalized spacial score (nSPS) is 11.2. The fourth-order valence-electron chi connectivity index (χ4n) is 3.65. The number of rotatable bonds is 13. The number of hydrogen-bond acceptors (Lipinski definition) is 5. The van der Waals surface area contributed by atoms with Gasteiger partial charge in [0.05, 0.1) is 13.7 Å². The maximum Gasteiger partial charge on any atom is 0.251 e. The van der Waals surface area contributed by atoms with Crippen molar-refractivity contribution < 1.29 is 23.9 Å². The monoisotopic (exact) mass is 503 g/mol. The van der Waals surface area contributed by atoms with Crippen LogP contribution in [-0.4, -0.2) is 44.0 Å². The van der Waals surface area contributed by atoms with Crippen LogP contribution in [0.15, 0.2) is 78.9 Å². The molecular weight excluding hydrogens is 470 g/mol. The molecule has 0 aliphatic rings. The van der Waals surface area contributed by atoms with Gasteiger partial charge >= 0.3 is 0 Å². The molecule has 0 unspecified atom stereocenters. The predicted molar refractivity (Wildman–Crippen MR) is 143 cm³/mol. The first-order valence-electron chi connectivity index (χ1n) is 12.3. The quantitative estimate of drug-likeness (QED) is 0.306. The van der Waals surface area contributed by atoms with E-state index in [0.29, 0.717) is 48.7 Å². The van der Waals surface area contributed by atoms with Crippen LogP contribution in [0, 0.1) is 0 Å². The van der Waals surface area contributed by atoms with Crippen molar-refractivity contribution in [2.75, 3.05) is 25.6 Å². The van der Waals surface area contributed by atoms with Crippen LogP contribution in [-0.2, 0) is 16.0 Å². The molecule has 0 fully saturated rings. The van der Waals surface area contributed by atoms with Gasteiger partial charge in [0.1, 0.15) is 17.5 Å². The van der Waals surface area contributed by atoms with Gasteiger partial charge in [0.15, 0.2) is 0 Å². The summed E-state index contributed by atoms with van der Waals surface area (Å²) in [6.07, 6.45) is 0.959. The highest BCUT2D eigenvalue weighted by Crippen LogP contribution is 2.16.